The largest absolute Gasteiger partial charge is 0.378 e. The molecule has 4 heterocycles. The Labute approximate surface area is 175 Å². The van der Waals surface area contributed by atoms with Crippen LogP contribution in [0.5, 0.6) is 0 Å². The summed E-state index contributed by atoms with van der Waals surface area (Å²) in [5.74, 6) is 2.16. The average molecular weight is 410 g/mol. The van der Waals surface area contributed by atoms with Crippen molar-refractivity contribution in [2.45, 2.75) is 25.7 Å². The van der Waals surface area contributed by atoms with Gasteiger partial charge in [-0.3, -0.25) is 0 Å². The lowest BCUT2D eigenvalue weighted by molar-refractivity contribution is 0.122. The van der Waals surface area contributed by atoms with E-state index in [-0.39, 0.29) is 0 Å². The molecule has 2 saturated heterocycles. The minimum Gasteiger partial charge on any atom is -0.378 e. The Morgan fingerprint density at radius 2 is 2.00 bits per heavy atom. The van der Waals surface area contributed by atoms with E-state index in [4.69, 9.17) is 9.72 Å². The Kier molecular flexibility index (Phi) is 5.33. The van der Waals surface area contributed by atoms with Gasteiger partial charge in [-0.25, -0.2) is 15.0 Å². The molecule has 2 atom stereocenters. The van der Waals surface area contributed by atoms with Crippen molar-refractivity contribution >= 4 is 33.7 Å². The molecule has 0 spiro atoms. The minimum absolute atomic E-state index is 0.485. The van der Waals surface area contributed by atoms with Gasteiger partial charge in [0.2, 0.25) is 0 Å². The molecule has 2 aromatic heterocycles. The van der Waals surface area contributed by atoms with Crippen LogP contribution in [0.1, 0.15) is 30.7 Å². The molecular weight excluding hydrogens is 382 g/mol. The van der Waals surface area contributed by atoms with Gasteiger partial charge in [-0.15, -0.1) is 11.3 Å². The summed E-state index contributed by atoms with van der Waals surface area (Å²) in [6.07, 6.45) is 6.08. The van der Waals surface area contributed by atoms with Gasteiger partial charge in [0.15, 0.2) is 0 Å². The summed E-state index contributed by atoms with van der Waals surface area (Å²) in [7, 11) is 0. The lowest BCUT2D eigenvalue weighted by Crippen LogP contribution is -2.38. The van der Waals surface area contributed by atoms with Crippen LogP contribution in [-0.2, 0) is 4.74 Å². The average Bonchev–Trinajstić information content (AvgIpc) is 3.33. The van der Waals surface area contributed by atoms with Crippen molar-refractivity contribution in [2.24, 2.45) is 5.92 Å². The molecular formula is C22H27N5OS. The topological polar surface area (TPSA) is 54.4 Å². The second-order valence-electron chi connectivity index (χ2n) is 8.01. The van der Waals surface area contributed by atoms with Crippen LogP contribution >= 0.6 is 11.3 Å². The number of ether oxygens (including phenoxy) is 1. The Morgan fingerprint density at radius 1 is 1.10 bits per heavy atom. The molecule has 2 fully saturated rings. The van der Waals surface area contributed by atoms with E-state index in [0.717, 1.165) is 56.1 Å². The summed E-state index contributed by atoms with van der Waals surface area (Å²) >= 11 is 1.77. The molecule has 5 rings (SSSR count). The lowest BCUT2D eigenvalue weighted by atomic mass is 9.87. The molecule has 0 radical (unpaired) electrons. The fourth-order valence-electron chi connectivity index (χ4n) is 4.57. The molecule has 0 bridgehead atoms. The number of hydrogen-bond acceptors (Lipinski definition) is 7. The molecule has 0 aliphatic carbocycles. The number of anilines is 2. The van der Waals surface area contributed by atoms with E-state index in [1.807, 2.05) is 6.20 Å². The van der Waals surface area contributed by atoms with Gasteiger partial charge < -0.3 is 14.5 Å². The zero-order valence-electron chi connectivity index (χ0n) is 16.8. The highest BCUT2D eigenvalue weighted by Gasteiger charge is 2.28. The molecule has 2 unspecified atom stereocenters. The molecule has 2 aliphatic rings. The number of rotatable bonds is 4. The van der Waals surface area contributed by atoms with E-state index in [1.54, 1.807) is 17.7 Å². The standard InChI is InChI=1S/C22H27N5OS/c1-16(22-23-6-12-29-22)17-3-2-7-27(14-17)21-19-5-4-18(13-20(19)24-15-25-21)26-8-10-28-11-9-26/h4-6,12-13,15-17H,2-3,7-11,14H2,1H3. The van der Waals surface area contributed by atoms with E-state index >= 15 is 0 Å². The van der Waals surface area contributed by atoms with Gasteiger partial charge in [0.1, 0.15) is 12.1 Å². The van der Waals surface area contributed by atoms with Crippen molar-refractivity contribution < 1.29 is 4.74 Å². The van der Waals surface area contributed by atoms with Crippen LogP contribution in [0.15, 0.2) is 36.1 Å². The van der Waals surface area contributed by atoms with Crippen molar-refractivity contribution in [3.8, 4) is 0 Å². The smallest absolute Gasteiger partial charge is 0.139 e. The number of benzene rings is 1. The molecule has 2 aliphatic heterocycles. The number of fused-ring (bicyclic) bond motifs is 1. The quantitative estimate of drug-likeness (QED) is 0.651. The van der Waals surface area contributed by atoms with Crippen molar-refractivity contribution in [2.75, 3.05) is 49.2 Å². The fraction of sp³-hybridized carbons (Fsp3) is 0.500. The number of thiazole rings is 1. The zero-order valence-corrected chi connectivity index (χ0v) is 17.6. The van der Waals surface area contributed by atoms with Crippen molar-refractivity contribution in [1.29, 1.82) is 0 Å². The minimum atomic E-state index is 0.485. The third kappa shape index (κ3) is 3.81. The van der Waals surface area contributed by atoms with Gasteiger partial charge >= 0.3 is 0 Å². The summed E-state index contributed by atoms with van der Waals surface area (Å²) in [5.41, 5.74) is 2.24. The Hall–Kier alpha value is -2.25. The summed E-state index contributed by atoms with van der Waals surface area (Å²) in [5, 5.41) is 4.47. The molecule has 1 aromatic carbocycles. The predicted octanol–water partition coefficient (Wildman–Crippen LogP) is 3.94. The molecule has 0 saturated carbocycles. The van der Waals surface area contributed by atoms with Crippen LogP contribution in [0, 0.1) is 5.92 Å². The number of hydrogen-bond donors (Lipinski definition) is 0. The van der Waals surface area contributed by atoms with Crippen molar-refractivity contribution in [1.82, 2.24) is 15.0 Å². The third-order valence-electron chi connectivity index (χ3n) is 6.28. The van der Waals surface area contributed by atoms with Gasteiger partial charge in [0, 0.05) is 54.7 Å². The number of aromatic nitrogens is 3. The van der Waals surface area contributed by atoms with Gasteiger partial charge in [-0.1, -0.05) is 6.92 Å². The first-order valence-corrected chi connectivity index (χ1v) is 11.4. The molecule has 7 heteroatoms. The molecule has 3 aromatic rings. The van der Waals surface area contributed by atoms with E-state index in [9.17, 15) is 0 Å². The molecule has 0 amide bonds. The Bertz CT molecular complexity index is 957. The third-order valence-corrected chi connectivity index (χ3v) is 7.26. The number of nitrogens with zero attached hydrogens (tertiary/aromatic N) is 5. The first-order valence-electron chi connectivity index (χ1n) is 10.5. The highest BCUT2D eigenvalue weighted by atomic mass is 32.1. The van der Waals surface area contributed by atoms with E-state index in [1.165, 1.54) is 23.5 Å². The van der Waals surface area contributed by atoms with Gasteiger partial charge in [-0.05, 0) is 37.0 Å². The number of piperidine rings is 1. The van der Waals surface area contributed by atoms with E-state index in [0.29, 0.717) is 11.8 Å². The van der Waals surface area contributed by atoms with Crippen LogP contribution in [0.2, 0.25) is 0 Å². The van der Waals surface area contributed by atoms with Gasteiger partial charge in [-0.2, -0.15) is 0 Å². The lowest BCUT2D eigenvalue weighted by Gasteiger charge is -2.36. The Morgan fingerprint density at radius 3 is 2.83 bits per heavy atom. The monoisotopic (exact) mass is 409 g/mol. The summed E-state index contributed by atoms with van der Waals surface area (Å²) in [4.78, 5) is 18.7. The molecule has 29 heavy (non-hydrogen) atoms. The maximum absolute atomic E-state index is 5.49. The Balaban J connectivity index is 1.40. The van der Waals surface area contributed by atoms with Crippen LogP contribution in [0.3, 0.4) is 0 Å². The van der Waals surface area contributed by atoms with E-state index in [2.05, 4.69) is 50.3 Å². The van der Waals surface area contributed by atoms with Crippen LogP contribution in [0.25, 0.3) is 10.9 Å². The highest BCUT2D eigenvalue weighted by Crippen LogP contribution is 2.35. The first-order chi connectivity index (χ1) is 14.3. The first kappa shape index (κ1) is 18.8. The van der Waals surface area contributed by atoms with Gasteiger partial charge in [0.05, 0.1) is 23.7 Å². The molecule has 6 nitrogen and oxygen atoms in total. The second kappa shape index (κ2) is 8.24. The highest BCUT2D eigenvalue weighted by molar-refractivity contribution is 7.09. The van der Waals surface area contributed by atoms with Crippen LogP contribution in [0.4, 0.5) is 11.5 Å². The SMILES string of the molecule is CC(c1nccs1)C1CCCN(c2ncnc3cc(N4CCOCC4)ccc23)C1. The number of morpholine rings is 1. The predicted molar refractivity (Wildman–Crippen MR) is 118 cm³/mol. The van der Waals surface area contributed by atoms with Crippen molar-refractivity contribution in [3.05, 3.63) is 41.1 Å². The zero-order chi connectivity index (χ0) is 19.6. The van der Waals surface area contributed by atoms with Crippen molar-refractivity contribution in [3.63, 3.8) is 0 Å². The normalized spacial score (nSPS) is 21.5. The second-order valence-corrected chi connectivity index (χ2v) is 8.93. The van der Waals surface area contributed by atoms with E-state index < -0.39 is 0 Å². The molecule has 0 N–H and O–H groups in total. The van der Waals surface area contributed by atoms with Crippen LogP contribution < -0.4 is 9.80 Å². The van der Waals surface area contributed by atoms with Gasteiger partial charge in [0.25, 0.3) is 0 Å². The fourth-order valence-corrected chi connectivity index (χ4v) is 5.36. The molecule has 152 valence electrons. The summed E-state index contributed by atoms with van der Waals surface area (Å²) in [6, 6.07) is 6.61. The maximum Gasteiger partial charge on any atom is 0.139 e. The maximum atomic E-state index is 5.49. The summed E-state index contributed by atoms with van der Waals surface area (Å²) in [6.45, 7) is 7.85. The van der Waals surface area contributed by atoms with Crippen LogP contribution in [-0.4, -0.2) is 54.3 Å². The summed E-state index contributed by atoms with van der Waals surface area (Å²) < 4.78 is 5.49.